The lowest BCUT2D eigenvalue weighted by Gasteiger charge is -2.20. The molecule has 0 spiro atoms. The third kappa shape index (κ3) is 6.70. The Bertz CT molecular complexity index is 1310. The van der Waals surface area contributed by atoms with Crippen LogP contribution in [0, 0.1) is 6.92 Å². The van der Waals surface area contributed by atoms with Gasteiger partial charge in [-0.25, -0.2) is 0 Å². The van der Waals surface area contributed by atoms with Gasteiger partial charge in [0.2, 0.25) is 5.91 Å². The van der Waals surface area contributed by atoms with Crippen LogP contribution >= 0.6 is 0 Å². The summed E-state index contributed by atoms with van der Waals surface area (Å²) < 4.78 is 11.0. The highest BCUT2D eigenvalue weighted by molar-refractivity contribution is 5.99. The molecule has 38 heavy (non-hydrogen) atoms. The fraction of sp³-hybridized carbons (Fsp3) is 0.300. The molecule has 3 aromatic carbocycles. The molecule has 198 valence electrons. The van der Waals surface area contributed by atoms with Crippen LogP contribution in [0.5, 0.6) is 11.5 Å². The third-order valence-electron chi connectivity index (χ3n) is 6.50. The number of methoxy groups -OCH3 is 1. The number of ether oxygens (including phenoxy) is 2. The van der Waals surface area contributed by atoms with Crippen LogP contribution in [0.2, 0.25) is 0 Å². The van der Waals surface area contributed by atoms with E-state index in [-0.39, 0.29) is 30.9 Å². The molecule has 8 nitrogen and oxygen atoms in total. The van der Waals surface area contributed by atoms with Crippen molar-refractivity contribution < 1.29 is 23.9 Å². The number of nitrogens with one attached hydrogen (secondary N) is 3. The Morgan fingerprint density at radius 1 is 0.947 bits per heavy atom. The summed E-state index contributed by atoms with van der Waals surface area (Å²) in [6, 6.07) is 19.7. The Labute approximate surface area is 222 Å². The van der Waals surface area contributed by atoms with Gasteiger partial charge in [0.05, 0.1) is 19.2 Å². The van der Waals surface area contributed by atoms with Gasteiger partial charge in [-0.15, -0.1) is 0 Å². The highest BCUT2D eigenvalue weighted by atomic mass is 16.5. The lowest BCUT2D eigenvalue weighted by atomic mass is 9.98. The van der Waals surface area contributed by atoms with E-state index in [9.17, 15) is 14.4 Å². The topological polar surface area (TPSA) is 106 Å². The van der Waals surface area contributed by atoms with Crippen molar-refractivity contribution in [1.82, 2.24) is 16.0 Å². The minimum Gasteiger partial charge on any atom is -0.497 e. The maximum Gasteiger partial charge on any atom is 0.255 e. The smallest absolute Gasteiger partial charge is 0.255 e. The van der Waals surface area contributed by atoms with E-state index in [1.807, 2.05) is 49.4 Å². The number of hydrogen-bond acceptors (Lipinski definition) is 5. The highest BCUT2D eigenvalue weighted by Crippen LogP contribution is 2.26. The van der Waals surface area contributed by atoms with Crippen molar-refractivity contribution in [1.29, 1.82) is 0 Å². The molecule has 1 heterocycles. The second-order valence-electron chi connectivity index (χ2n) is 9.18. The first-order valence-electron chi connectivity index (χ1n) is 12.8. The molecular formula is C30H33N3O5. The van der Waals surface area contributed by atoms with Crippen LogP contribution in [0.4, 0.5) is 0 Å². The van der Waals surface area contributed by atoms with Gasteiger partial charge in [-0.2, -0.15) is 0 Å². The molecule has 0 unspecified atom stereocenters. The van der Waals surface area contributed by atoms with Gasteiger partial charge in [0.1, 0.15) is 24.1 Å². The Kier molecular flexibility index (Phi) is 8.98. The van der Waals surface area contributed by atoms with Gasteiger partial charge in [-0.05, 0) is 67.1 Å². The van der Waals surface area contributed by atoms with Gasteiger partial charge in [-0.3, -0.25) is 14.4 Å². The second kappa shape index (κ2) is 12.8. The summed E-state index contributed by atoms with van der Waals surface area (Å²) in [5.74, 6) is 0.126. The maximum absolute atomic E-state index is 13.2. The van der Waals surface area contributed by atoms with Crippen LogP contribution in [-0.2, 0) is 4.79 Å². The minimum absolute atomic E-state index is 0.151. The van der Waals surface area contributed by atoms with E-state index >= 15 is 0 Å². The van der Waals surface area contributed by atoms with E-state index in [2.05, 4.69) is 16.0 Å². The molecule has 3 N–H and O–H groups in total. The van der Waals surface area contributed by atoms with Crippen LogP contribution < -0.4 is 25.4 Å². The van der Waals surface area contributed by atoms with Crippen LogP contribution in [0.3, 0.4) is 0 Å². The molecule has 1 aliphatic rings. The second-order valence-corrected chi connectivity index (χ2v) is 9.18. The summed E-state index contributed by atoms with van der Waals surface area (Å²) in [6.45, 7) is 2.83. The minimum atomic E-state index is -0.712. The van der Waals surface area contributed by atoms with E-state index in [0.29, 0.717) is 48.4 Å². The highest BCUT2D eigenvalue weighted by Gasteiger charge is 2.22. The number of carbonyl (C=O) groups is 3. The maximum atomic E-state index is 13.2. The van der Waals surface area contributed by atoms with Crippen LogP contribution in [0.25, 0.3) is 11.1 Å². The van der Waals surface area contributed by atoms with Crippen molar-refractivity contribution in [2.45, 2.75) is 32.2 Å². The van der Waals surface area contributed by atoms with Gasteiger partial charge in [-0.1, -0.05) is 36.4 Å². The molecule has 3 amide bonds. The normalized spacial score (nSPS) is 16.6. The number of hydrogen-bond donors (Lipinski definition) is 3. The molecule has 0 radical (unpaired) electrons. The summed E-state index contributed by atoms with van der Waals surface area (Å²) in [6.07, 6.45) is 1.74. The van der Waals surface area contributed by atoms with E-state index in [1.165, 1.54) is 0 Å². The number of amides is 3. The first-order valence-corrected chi connectivity index (χ1v) is 12.8. The number of rotatable bonds is 4. The molecule has 8 heteroatoms. The first kappa shape index (κ1) is 26.7. The zero-order chi connectivity index (χ0) is 26.9. The Morgan fingerprint density at radius 2 is 1.79 bits per heavy atom. The lowest BCUT2D eigenvalue weighted by Crippen LogP contribution is -2.47. The quantitative estimate of drug-likeness (QED) is 0.489. The monoisotopic (exact) mass is 515 g/mol. The molecule has 0 saturated heterocycles. The van der Waals surface area contributed by atoms with Crippen molar-refractivity contribution in [2.24, 2.45) is 0 Å². The summed E-state index contributed by atoms with van der Waals surface area (Å²) >= 11 is 0. The van der Waals surface area contributed by atoms with E-state index in [4.69, 9.17) is 9.47 Å². The van der Waals surface area contributed by atoms with Gasteiger partial charge < -0.3 is 25.4 Å². The van der Waals surface area contributed by atoms with Gasteiger partial charge in [0.25, 0.3) is 11.8 Å². The molecule has 0 saturated carbocycles. The molecule has 0 fully saturated rings. The number of fused-ring (bicyclic) bond motifs is 1. The fourth-order valence-corrected chi connectivity index (χ4v) is 4.40. The summed E-state index contributed by atoms with van der Waals surface area (Å²) in [4.78, 5) is 38.9. The van der Waals surface area contributed by atoms with Crippen molar-refractivity contribution in [3.8, 4) is 22.6 Å². The summed E-state index contributed by atoms with van der Waals surface area (Å²) in [5, 5.41) is 8.65. The molecular weight excluding hydrogens is 482 g/mol. The predicted octanol–water partition coefficient (Wildman–Crippen LogP) is 3.88. The molecule has 0 aliphatic carbocycles. The molecule has 0 aromatic heterocycles. The van der Waals surface area contributed by atoms with Crippen molar-refractivity contribution >= 4 is 17.7 Å². The van der Waals surface area contributed by atoms with Gasteiger partial charge in [0, 0.05) is 18.2 Å². The van der Waals surface area contributed by atoms with E-state index < -0.39 is 6.04 Å². The first-order chi connectivity index (χ1) is 18.5. The Balaban J connectivity index is 1.45. The summed E-state index contributed by atoms with van der Waals surface area (Å²) in [5.41, 5.74) is 4.01. The average Bonchev–Trinajstić information content (AvgIpc) is 2.94. The lowest BCUT2D eigenvalue weighted by molar-refractivity contribution is -0.123. The predicted molar refractivity (Wildman–Crippen MR) is 146 cm³/mol. The van der Waals surface area contributed by atoms with Crippen molar-refractivity contribution in [3.63, 3.8) is 0 Å². The molecule has 3 aromatic rings. The fourth-order valence-electron chi connectivity index (χ4n) is 4.40. The van der Waals surface area contributed by atoms with Gasteiger partial charge in [0.15, 0.2) is 0 Å². The Hall–Kier alpha value is -4.33. The zero-order valence-electron chi connectivity index (χ0n) is 21.7. The van der Waals surface area contributed by atoms with E-state index in [0.717, 1.165) is 16.7 Å². The van der Waals surface area contributed by atoms with Gasteiger partial charge >= 0.3 is 0 Å². The third-order valence-corrected chi connectivity index (χ3v) is 6.50. The van der Waals surface area contributed by atoms with Crippen molar-refractivity contribution in [3.05, 3.63) is 83.4 Å². The largest absolute Gasteiger partial charge is 0.497 e. The summed E-state index contributed by atoms with van der Waals surface area (Å²) in [7, 11) is 1.54. The van der Waals surface area contributed by atoms with Crippen LogP contribution in [0.15, 0.2) is 66.7 Å². The van der Waals surface area contributed by atoms with Crippen molar-refractivity contribution in [2.75, 3.05) is 26.8 Å². The SMILES string of the molecule is COc1ccc2c(c1)OCCNC(=O)[C@@H](NC(=O)c1cccc(-c3ccccc3C)c1)CCCCNC2=O. The number of aryl methyl sites for hydroxylation is 1. The number of carbonyl (C=O) groups excluding carboxylic acids is 3. The van der Waals surface area contributed by atoms with E-state index in [1.54, 1.807) is 31.4 Å². The molecule has 1 aliphatic heterocycles. The van der Waals surface area contributed by atoms with Crippen LogP contribution in [-0.4, -0.2) is 50.6 Å². The molecule has 4 rings (SSSR count). The standard InChI is InChI=1S/C30H33N3O5/c1-20-8-3-4-11-24(20)21-9-7-10-22(18-21)28(34)33-26-12-5-6-15-31-29(35)25-14-13-23(37-2)19-27(25)38-17-16-32-30(26)36/h3-4,7-11,13-14,18-19,26H,5-6,12,15-17H2,1-2H3,(H,31,35)(H,32,36)(H,33,34)/t26-/m0/s1. The number of benzene rings is 3. The van der Waals surface area contributed by atoms with Crippen LogP contribution in [0.1, 0.15) is 45.5 Å². The molecule has 1 atom stereocenters. The average molecular weight is 516 g/mol. The Morgan fingerprint density at radius 3 is 2.61 bits per heavy atom. The molecule has 0 bridgehead atoms. The zero-order valence-corrected chi connectivity index (χ0v) is 21.7.